The summed E-state index contributed by atoms with van der Waals surface area (Å²) in [5.74, 6) is -0.876. The van der Waals surface area contributed by atoms with Crippen molar-refractivity contribution in [2.24, 2.45) is 4.99 Å². The number of nitrogens with zero attached hydrogens (tertiary/aromatic N) is 2. The molecule has 0 saturated heterocycles. The van der Waals surface area contributed by atoms with Gasteiger partial charge in [0.15, 0.2) is 22.0 Å². The van der Waals surface area contributed by atoms with Crippen LogP contribution in [0.3, 0.4) is 0 Å². The number of carbonyl (C=O) groups excluding carboxylic acids is 2. The first-order chi connectivity index (χ1) is 23.4. The third-order valence-electron chi connectivity index (χ3n) is 7.21. The van der Waals surface area contributed by atoms with Gasteiger partial charge in [-0.2, -0.15) is 13.2 Å². The lowest BCUT2D eigenvalue weighted by atomic mass is 9.95. The topological polar surface area (TPSA) is 105 Å². The molecule has 5 rings (SSSR count). The number of aromatic nitrogens is 1. The van der Waals surface area contributed by atoms with Gasteiger partial charge in [-0.15, -0.1) is 0 Å². The van der Waals surface area contributed by atoms with Crippen LogP contribution in [-0.4, -0.2) is 42.5 Å². The zero-order valence-corrected chi connectivity index (χ0v) is 28.1. The standard InChI is InChI=1S/C35H30ClF3N2O7S/c1-4-45-26-17-21(9-16-25(26)48-19-20-7-10-23(11-8-20)32(43)46-5-2)18-27-31(42)41-29(22-12-14-24(36)15-13-22)28(33(44)47-6-3)30(35(37,38)39)40-34(41)49-27/h7-18,29H,4-6,19H2,1-3H3/b27-18-/t29-/m0/s1. The number of fused-ring (bicyclic) bond motifs is 1. The molecule has 0 N–H and O–H groups in total. The molecule has 0 spiro atoms. The molecule has 0 amide bonds. The number of carbonyl (C=O) groups is 2. The molecule has 0 unspecified atom stereocenters. The van der Waals surface area contributed by atoms with Gasteiger partial charge < -0.3 is 18.9 Å². The monoisotopic (exact) mass is 714 g/mol. The molecule has 1 aromatic heterocycles. The van der Waals surface area contributed by atoms with Crippen LogP contribution in [-0.2, 0) is 20.9 Å². The molecular formula is C35H30ClF3N2O7S. The Hall–Kier alpha value is -4.88. The lowest BCUT2D eigenvalue weighted by Gasteiger charge is -2.26. The average molecular weight is 715 g/mol. The number of ether oxygens (including phenoxy) is 4. The molecule has 256 valence electrons. The number of halogens is 4. The summed E-state index contributed by atoms with van der Waals surface area (Å²) in [5, 5.41) is 0.318. The van der Waals surface area contributed by atoms with Gasteiger partial charge in [-0.25, -0.2) is 14.6 Å². The lowest BCUT2D eigenvalue weighted by Crippen LogP contribution is -2.41. The Kier molecular flexibility index (Phi) is 10.9. The summed E-state index contributed by atoms with van der Waals surface area (Å²) in [5.41, 5.74) is -0.967. The van der Waals surface area contributed by atoms with E-state index in [2.05, 4.69) is 4.99 Å². The highest BCUT2D eigenvalue weighted by Gasteiger charge is 2.45. The average Bonchev–Trinajstić information content (AvgIpc) is 3.38. The number of esters is 2. The number of alkyl halides is 3. The van der Waals surface area contributed by atoms with Crippen molar-refractivity contribution < 1.29 is 41.7 Å². The predicted octanol–water partition coefficient (Wildman–Crippen LogP) is 6.15. The molecule has 2 heterocycles. The highest BCUT2D eigenvalue weighted by molar-refractivity contribution is 7.07. The summed E-state index contributed by atoms with van der Waals surface area (Å²) in [7, 11) is 0. The Morgan fingerprint density at radius 3 is 2.20 bits per heavy atom. The van der Waals surface area contributed by atoms with Gasteiger partial charge >= 0.3 is 18.1 Å². The Balaban J connectivity index is 1.53. The molecule has 3 aromatic carbocycles. The van der Waals surface area contributed by atoms with Crippen LogP contribution < -0.4 is 24.4 Å². The van der Waals surface area contributed by atoms with Crippen LogP contribution in [0.4, 0.5) is 13.2 Å². The Morgan fingerprint density at radius 1 is 0.898 bits per heavy atom. The normalized spacial score (nSPS) is 14.6. The minimum Gasteiger partial charge on any atom is -0.490 e. The van der Waals surface area contributed by atoms with Gasteiger partial charge in [0.2, 0.25) is 0 Å². The highest BCUT2D eigenvalue weighted by Crippen LogP contribution is 2.38. The Bertz CT molecular complexity index is 2070. The van der Waals surface area contributed by atoms with Crippen molar-refractivity contribution in [1.29, 1.82) is 0 Å². The predicted molar refractivity (Wildman–Crippen MR) is 177 cm³/mol. The molecule has 9 nitrogen and oxygen atoms in total. The van der Waals surface area contributed by atoms with Crippen molar-refractivity contribution in [3.63, 3.8) is 0 Å². The van der Waals surface area contributed by atoms with Crippen molar-refractivity contribution in [1.82, 2.24) is 4.57 Å². The van der Waals surface area contributed by atoms with Crippen molar-refractivity contribution in [2.45, 2.75) is 39.6 Å². The van der Waals surface area contributed by atoms with Crippen LogP contribution in [0.15, 0.2) is 87.8 Å². The molecule has 0 aliphatic carbocycles. The van der Waals surface area contributed by atoms with Crippen molar-refractivity contribution in [3.8, 4) is 11.5 Å². The molecule has 49 heavy (non-hydrogen) atoms. The van der Waals surface area contributed by atoms with Crippen molar-refractivity contribution >= 4 is 41.0 Å². The molecule has 14 heteroatoms. The number of allylic oxidation sites excluding steroid dienone is 1. The zero-order valence-electron chi connectivity index (χ0n) is 26.5. The fourth-order valence-electron chi connectivity index (χ4n) is 5.07. The molecule has 1 aliphatic heterocycles. The van der Waals surface area contributed by atoms with E-state index in [1.165, 1.54) is 37.3 Å². The fourth-order valence-corrected chi connectivity index (χ4v) is 6.19. The molecule has 0 bridgehead atoms. The first-order valence-electron chi connectivity index (χ1n) is 15.2. The summed E-state index contributed by atoms with van der Waals surface area (Å²) in [6, 6.07) is 16.1. The van der Waals surface area contributed by atoms with Crippen LogP contribution in [0.2, 0.25) is 5.02 Å². The van der Waals surface area contributed by atoms with E-state index >= 15 is 0 Å². The summed E-state index contributed by atoms with van der Waals surface area (Å²) in [6.07, 6.45) is -3.52. The first-order valence-corrected chi connectivity index (χ1v) is 16.4. The molecule has 4 aromatic rings. The molecule has 1 atom stereocenters. The molecule has 1 aliphatic rings. The summed E-state index contributed by atoms with van der Waals surface area (Å²) < 4.78 is 66.1. The van der Waals surface area contributed by atoms with Gasteiger partial charge in [0.25, 0.3) is 5.56 Å². The summed E-state index contributed by atoms with van der Waals surface area (Å²) >= 11 is 6.79. The smallest absolute Gasteiger partial charge is 0.434 e. The third-order valence-corrected chi connectivity index (χ3v) is 8.44. The third kappa shape index (κ3) is 7.89. The Labute approximate surface area is 287 Å². The minimum atomic E-state index is -5.02. The number of thiazole rings is 1. The van der Waals surface area contributed by atoms with Crippen LogP contribution in [0.1, 0.15) is 53.9 Å². The van der Waals surface area contributed by atoms with Crippen molar-refractivity contribution in [2.75, 3.05) is 19.8 Å². The van der Waals surface area contributed by atoms with E-state index in [0.717, 1.165) is 21.5 Å². The number of benzene rings is 3. The van der Waals surface area contributed by atoms with Gasteiger partial charge in [0.1, 0.15) is 6.61 Å². The van der Waals surface area contributed by atoms with Crippen molar-refractivity contribution in [3.05, 3.63) is 125 Å². The minimum absolute atomic E-state index is 0.0714. The largest absolute Gasteiger partial charge is 0.490 e. The zero-order chi connectivity index (χ0) is 35.3. The maximum atomic E-state index is 14.4. The first kappa shape index (κ1) is 35.4. The van der Waals surface area contributed by atoms with Crippen LogP contribution in [0.25, 0.3) is 6.08 Å². The number of hydrogen-bond acceptors (Lipinski definition) is 9. The van der Waals surface area contributed by atoms with Gasteiger partial charge in [-0.3, -0.25) is 9.36 Å². The molecule has 0 saturated carbocycles. The quantitative estimate of drug-likeness (QED) is 0.172. The second-order valence-corrected chi connectivity index (χ2v) is 11.9. The SMILES string of the molecule is CCOC(=O)C1=C(C(F)(F)F)N=c2s/c(=C\c3ccc(OCc4ccc(C(=O)OCC)cc4)c(OCC)c3)c(=O)n2[C@H]1c1ccc(Cl)cc1. The lowest BCUT2D eigenvalue weighted by molar-refractivity contribution is -0.140. The molecule has 0 fully saturated rings. The maximum absolute atomic E-state index is 14.4. The van der Waals surface area contributed by atoms with Gasteiger partial charge in [0, 0.05) is 5.02 Å². The second kappa shape index (κ2) is 15.1. The molecule has 0 radical (unpaired) electrons. The number of rotatable bonds is 11. The van der Waals surface area contributed by atoms with E-state index in [1.807, 2.05) is 0 Å². The summed E-state index contributed by atoms with van der Waals surface area (Å²) in [4.78, 5) is 42.4. The van der Waals surface area contributed by atoms with E-state index in [-0.39, 0.29) is 34.7 Å². The second-order valence-electron chi connectivity index (χ2n) is 10.5. The van der Waals surface area contributed by atoms with E-state index < -0.39 is 41.0 Å². The van der Waals surface area contributed by atoms with Crippen LogP contribution in [0, 0.1) is 0 Å². The molecular weight excluding hydrogens is 685 g/mol. The van der Waals surface area contributed by atoms with E-state index in [1.54, 1.807) is 56.3 Å². The highest BCUT2D eigenvalue weighted by atomic mass is 35.5. The van der Waals surface area contributed by atoms with E-state index in [9.17, 15) is 27.6 Å². The Morgan fingerprint density at radius 2 is 1.57 bits per heavy atom. The van der Waals surface area contributed by atoms with Gasteiger partial charge in [0.05, 0.1) is 41.5 Å². The maximum Gasteiger partial charge on any atom is 0.434 e. The summed E-state index contributed by atoms with van der Waals surface area (Å²) in [6.45, 7) is 5.54. The van der Waals surface area contributed by atoms with E-state index in [4.69, 9.17) is 30.5 Å². The number of hydrogen-bond donors (Lipinski definition) is 0. The van der Waals surface area contributed by atoms with Crippen LogP contribution in [0.5, 0.6) is 11.5 Å². The van der Waals surface area contributed by atoms with Crippen LogP contribution >= 0.6 is 22.9 Å². The van der Waals surface area contributed by atoms with Gasteiger partial charge in [-0.1, -0.05) is 53.3 Å². The van der Waals surface area contributed by atoms with Gasteiger partial charge in [-0.05, 0) is 79.9 Å². The van der Waals surface area contributed by atoms with E-state index in [0.29, 0.717) is 34.3 Å². The fraction of sp³-hybridized carbons (Fsp3) is 0.257.